The molecule has 0 radical (unpaired) electrons. The van der Waals surface area contributed by atoms with Crippen LogP contribution in [0, 0.1) is 19.7 Å². The van der Waals surface area contributed by atoms with Gasteiger partial charge in [-0.05, 0) is 20.8 Å². The molecule has 4 rings (SSSR count). The summed E-state index contributed by atoms with van der Waals surface area (Å²) in [7, 11) is 0. The highest BCUT2D eigenvalue weighted by atomic mass is 19.1. The van der Waals surface area contributed by atoms with Crippen LogP contribution in [0.1, 0.15) is 28.8 Å². The third kappa shape index (κ3) is 2.43. The number of nitrogens with zero attached hydrogens (tertiary/aromatic N) is 6. The normalized spacial score (nSPS) is 11.4. The van der Waals surface area contributed by atoms with Gasteiger partial charge < -0.3 is 15.2 Å². The summed E-state index contributed by atoms with van der Waals surface area (Å²) in [6.07, 6.45) is 2.94. The van der Waals surface area contributed by atoms with Gasteiger partial charge in [-0.2, -0.15) is 10.2 Å². The van der Waals surface area contributed by atoms with E-state index in [1.54, 1.807) is 18.5 Å². The number of aromatic amines is 1. The number of primary amides is 1. The Bertz CT molecular complexity index is 1240. The Labute approximate surface area is 157 Å². The fourth-order valence-electron chi connectivity index (χ4n) is 3.18. The maximum Gasteiger partial charge on any atom is 0.268 e. The van der Waals surface area contributed by atoms with E-state index in [2.05, 4.69) is 25.3 Å². The molecule has 4 heterocycles. The van der Waals surface area contributed by atoms with Gasteiger partial charge in [0.1, 0.15) is 17.1 Å². The lowest BCUT2D eigenvalue weighted by atomic mass is 10.2. The molecule has 28 heavy (non-hydrogen) atoms. The molecule has 1 amide bonds. The molecule has 0 aliphatic rings. The number of hydrogen-bond acceptors (Lipinski definition) is 6. The van der Waals surface area contributed by atoms with Gasteiger partial charge in [0.25, 0.3) is 5.91 Å². The molecule has 4 aromatic heterocycles. The summed E-state index contributed by atoms with van der Waals surface area (Å²) >= 11 is 0. The monoisotopic (exact) mass is 384 g/mol. The third-order valence-electron chi connectivity index (χ3n) is 4.45. The van der Waals surface area contributed by atoms with Crippen molar-refractivity contribution in [3.63, 3.8) is 0 Å². The predicted octanol–water partition coefficient (Wildman–Crippen LogP) is 1.56. The Kier molecular flexibility index (Phi) is 3.87. The zero-order valence-electron chi connectivity index (χ0n) is 15.4. The van der Waals surface area contributed by atoms with Crippen molar-refractivity contribution in [2.24, 2.45) is 5.73 Å². The van der Waals surface area contributed by atoms with Crippen molar-refractivity contribution in [2.75, 3.05) is 0 Å². The summed E-state index contributed by atoms with van der Waals surface area (Å²) < 4.78 is 18.0. The van der Waals surface area contributed by atoms with Crippen molar-refractivity contribution in [3.05, 3.63) is 35.3 Å². The zero-order chi connectivity index (χ0) is 20.2. The highest BCUT2D eigenvalue weighted by Gasteiger charge is 2.27. The molecular weight excluding hydrogens is 367 g/mol. The van der Waals surface area contributed by atoms with Crippen molar-refractivity contribution in [1.82, 2.24) is 34.3 Å². The van der Waals surface area contributed by atoms with Gasteiger partial charge in [0, 0.05) is 12.7 Å². The average Bonchev–Trinajstić information content (AvgIpc) is 3.29. The number of carbonyl (C=O) groups excluding carboxylic acids is 1. The topological polar surface area (TPSA) is 140 Å². The van der Waals surface area contributed by atoms with Crippen LogP contribution in [-0.2, 0) is 6.54 Å². The van der Waals surface area contributed by atoms with E-state index < -0.39 is 11.7 Å². The summed E-state index contributed by atoms with van der Waals surface area (Å²) in [5.74, 6) is -1.58. The molecule has 10 nitrogen and oxygen atoms in total. The minimum atomic E-state index is -0.919. The Morgan fingerprint density at radius 1 is 1.39 bits per heavy atom. The van der Waals surface area contributed by atoms with Crippen LogP contribution in [-0.4, -0.2) is 45.4 Å². The number of fused-ring (bicyclic) bond motifs is 1. The van der Waals surface area contributed by atoms with Gasteiger partial charge in [0.2, 0.25) is 0 Å². The lowest BCUT2D eigenvalue weighted by Gasteiger charge is -2.00. The molecule has 0 atom stereocenters. The van der Waals surface area contributed by atoms with Crippen molar-refractivity contribution >= 4 is 11.4 Å². The van der Waals surface area contributed by atoms with E-state index in [1.165, 1.54) is 16.8 Å². The number of hydrogen-bond donors (Lipinski definition) is 3. The first-order valence-electron chi connectivity index (χ1n) is 8.48. The zero-order valence-corrected chi connectivity index (χ0v) is 15.4. The molecule has 4 aromatic rings. The Balaban J connectivity index is 1.94. The van der Waals surface area contributed by atoms with E-state index in [9.17, 15) is 9.90 Å². The van der Waals surface area contributed by atoms with Crippen LogP contribution in [0.3, 0.4) is 0 Å². The van der Waals surface area contributed by atoms with Gasteiger partial charge in [0.15, 0.2) is 23.2 Å². The van der Waals surface area contributed by atoms with Gasteiger partial charge in [-0.3, -0.25) is 19.6 Å². The molecule has 0 aromatic carbocycles. The maximum absolute atomic E-state index is 15.1. The summed E-state index contributed by atoms with van der Waals surface area (Å²) in [6.45, 7) is 5.73. The number of rotatable bonds is 4. The van der Waals surface area contributed by atoms with Crippen LogP contribution in [0.4, 0.5) is 4.39 Å². The molecule has 0 unspecified atom stereocenters. The largest absolute Gasteiger partial charge is 0.504 e. The van der Waals surface area contributed by atoms with E-state index in [1.807, 2.05) is 6.92 Å². The summed E-state index contributed by atoms with van der Waals surface area (Å²) in [6, 6.07) is 0. The third-order valence-corrected chi connectivity index (χ3v) is 4.45. The van der Waals surface area contributed by atoms with Crippen molar-refractivity contribution in [1.29, 1.82) is 0 Å². The number of aromatic hydroxyl groups is 1. The fraction of sp³-hybridized carbons (Fsp3) is 0.235. The molecule has 0 spiro atoms. The van der Waals surface area contributed by atoms with E-state index in [0.29, 0.717) is 29.1 Å². The highest BCUT2D eigenvalue weighted by molar-refractivity contribution is 5.97. The second-order valence-corrected chi connectivity index (χ2v) is 6.29. The molecule has 0 bridgehead atoms. The van der Waals surface area contributed by atoms with Gasteiger partial charge in [-0.15, -0.1) is 0 Å². The van der Waals surface area contributed by atoms with Crippen LogP contribution in [0.15, 0.2) is 12.4 Å². The highest BCUT2D eigenvalue weighted by Crippen LogP contribution is 2.33. The number of carbonyl (C=O) groups is 1. The number of nitrogens with one attached hydrogen (secondary N) is 1. The lowest BCUT2D eigenvalue weighted by Crippen LogP contribution is -2.15. The summed E-state index contributed by atoms with van der Waals surface area (Å²) in [5.41, 5.74) is 6.70. The molecule has 0 aliphatic carbocycles. The van der Waals surface area contributed by atoms with Crippen molar-refractivity contribution in [2.45, 2.75) is 27.3 Å². The standard InChI is InChI=1S/C17H17FN8O2/c1-4-26-13(14(27)8(3)24-26)17-21-16(22-23-17)10-9-5-20-7(2)6-25(9)12(11(10)18)15(19)28/h5-6,27H,4H2,1-3H3,(H2,19,28)(H,21,22,23). The number of aryl methyl sites for hydroxylation is 3. The maximum atomic E-state index is 15.1. The summed E-state index contributed by atoms with van der Waals surface area (Å²) in [4.78, 5) is 20.3. The molecule has 0 fully saturated rings. The Hall–Kier alpha value is -3.76. The quantitative estimate of drug-likeness (QED) is 0.488. The smallest absolute Gasteiger partial charge is 0.268 e. The number of nitrogens with two attached hydrogens (primary N) is 1. The Morgan fingerprint density at radius 3 is 2.82 bits per heavy atom. The van der Waals surface area contributed by atoms with E-state index in [-0.39, 0.29) is 28.7 Å². The van der Waals surface area contributed by atoms with Crippen molar-refractivity contribution in [3.8, 4) is 28.7 Å². The molecular formula is C17H17FN8O2. The minimum absolute atomic E-state index is 0.00376. The first kappa shape index (κ1) is 17.6. The molecule has 144 valence electrons. The Morgan fingerprint density at radius 2 is 2.14 bits per heavy atom. The second-order valence-electron chi connectivity index (χ2n) is 6.29. The minimum Gasteiger partial charge on any atom is -0.504 e. The van der Waals surface area contributed by atoms with Gasteiger partial charge in [-0.1, -0.05) is 0 Å². The molecule has 4 N–H and O–H groups in total. The summed E-state index contributed by atoms with van der Waals surface area (Å²) in [5, 5.41) is 21.3. The molecule has 0 saturated carbocycles. The van der Waals surface area contributed by atoms with Crippen LogP contribution in [0.25, 0.3) is 28.4 Å². The van der Waals surface area contributed by atoms with Crippen LogP contribution >= 0.6 is 0 Å². The van der Waals surface area contributed by atoms with Crippen molar-refractivity contribution < 1.29 is 14.3 Å². The first-order chi connectivity index (χ1) is 13.3. The average molecular weight is 384 g/mol. The number of aromatic nitrogens is 7. The SMILES string of the molecule is CCn1nc(C)c(O)c1-c1nc(-c2c(F)c(C(N)=O)n3cc(C)ncc23)n[nH]1. The number of amides is 1. The first-order valence-corrected chi connectivity index (χ1v) is 8.48. The van der Waals surface area contributed by atoms with Crippen LogP contribution < -0.4 is 5.73 Å². The van der Waals surface area contributed by atoms with Gasteiger partial charge >= 0.3 is 0 Å². The number of halogens is 1. The van der Waals surface area contributed by atoms with Gasteiger partial charge in [0.05, 0.1) is 23.0 Å². The molecule has 0 saturated heterocycles. The molecule has 0 aliphatic heterocycles. The predicted molar refractivity (Wildman–Crippen MR) is 97.1 cm³/mol. The molecule has 11 heteroatoms. The fourth-order valence-corrected chi connectivity index (χ4v) is 3.18. The lowest BCUT2D eigenvalue weighted by molar-refractivity contribution is 0.0991. The van der Waals surface area contributed by atoms with E-state index in [4.69, 9.17) is 5.73 Å². The van der Waals surface area contributed by atoms with E-state index >= 15 is 4.39 Å². The van der Waals surface area contributed by atoms with Gasteiger partial charge in [-0.25, -0.2) is 9.37 Å². The van der Waals surface area contributed by atoms with Crippen LogP contribution in [0.2, 0.25) is 0 Å². The van der Waals surface area contributed by atoms with E-state index in [0.717, 1.165) is 0 Å². The number of H-pyrrole nitrogens is 1. The van der Waals surface area contributed by atoms with Crippen LogP contribution in [0.5, 0.6) is 5.75 Å². The second kappa shape index (κ2) is 6.15.